The molecule has 0 spiro atoms. The summed E-state index contributed by atoms with van der Waals surface area (Å²) in [6, 6.07) is 8.29. The van der Waals surface area contributed by atoms with E-state index in [0.717, 1.165) is 19.2 Å². The normalized spacial score (nSPS) is 12.4. The molecule has 4 nitrogen and oxygen atoms in total. The highest BCUT2D eigenvalue weighted by atomic mass is 79.9. The Kier molecular flexibility index (Phi) is 7.05. The minimum absolute atomic E-state index is 0.141. The highest BCUT2D eigenvalue weighted by molar-refractivity contribution is 9.11. The third-order valence-electron chi connectivity index (χ3n) is 3.61. The van der Waals surface area contributed by atoms with E-state index in [1.807, 2.05) is 0 Å². The van der Waals surface area contributed by atoms with Crippen molar-refractivity contribution in [2.24, 2.45) is 0 Å². The summed E-state index contributed by atoms with van der Waals surface area (Å²) in [5.41, 5.74) is -0.309. The molecule has 2 aromatic carbocycles. The Morgan fingerprint density at radius 3 is 2.30 bits per heavy atom. The molecule has 144 valence electrons. The summed E-state index contributed by atoms with van der Waals surface area (Å²) in [7, 11) is 1.14. The molecule has 0 aliphatic heterocycles. The number of rotatable bonds is 5. The molecule has 1 atom stereocenters. The van der Waals surface area contributed by atoms with Crippen LogP contribution < -0.4 is 5.32 Å². The van der Waals surface area contributed by atoms with Gasteiger partial charge in [-0.05, 0) is 29.8 Å². The van der Waals surface area contributed by atoms with Crippen LogP contribution in [-0.4, -0.2) is 25.0 Å². The molecule has 2 rings (SSSR count). The van der Waals surface area contributed by atoms with Gasteiger partial charge in [0.05, 0.1) is 12.7 Å². The smallest absolute Gasteiger partial charge is 0.416 e. The van der Waals surface area contributed by atoms with Gasteiger partial charge in [0.25, 0.3) is 5.91 Å². The van der Waals surface area contributed by atoms with Crippen molar-refractivity contribution >= 4 is 43.7 Å². The highest BCUT2D eigenvalue weighted by Crippen LogP contribution is 2.29. The van der Waals surface area contributed by atoms with Crippen LogP contribution in [0.4, 0.5) is 13.2 Å². The van der Waals surface area contributed by atoms with Gasteiger partial charge in [-0.1, -0.05) is 50.1 Å². The molecule has 0 fully saturated rings. The van der Waals surface area contributed by atoms with E-state index >= 15 is 0 Å². The third kappa shape index (κ3) is 6.07. The Balaban J connectivity index is 2.23. The van der Waals surface area contributed by atoms with Crippen molar-refractivity contribution < 1.29 is 27.5 Å². The van der Waals surface area contributed by atoms with E-state index in [9.17, 15) is 22.8 Å². The monoisotopic (exact) mass is 507 g/mol. The van der Waals surface area contributed by atoms with Gasteiger partial charge < -0.3 is 10.1 Å². The summed E-state index contributed by atoms with van der Waals surface area (Å²) in [4.78, 5) is 24.5. The van der Waals surface area contributed by atoms with E-state index in [4.69, 9.17) is 0 Å². The minimum Gasteiger partial charge on any atom is -0.467 e. The first kappa shape index (κ1) is 21.4. The standard InChI is InChI=1S/C18H14Br2F3NO3/c1-27-17(26)15(6-10-3-2-4-12(5-10)18(21,22)23)24-16(25)11-7-13(19)9-14(20)8-11/h2-5,7-9,15H,6H2,1H3,(H,24,25)/t15-/m0/s1. The third-order valence-corrected chi connectivity index (χ3v) is 4.53. The number of alkyl halides is 3. The molecule has 0 saturated carbocycles. The van der Waals surface area contributed by atoms with Crippen LogP contribution in [0.15, 0.2) is 51.4 Å². The van der Waals surface area contributed by atoms with Crippen molar-refractivity contribution in [1.82, 2.24) is 5.32 Å². The van der Waals surface area contributed by atoms with E-state index < -0.39 is 29.7 Å². The number of nitrogens with one attached hydrogen (secondary N) is 1. The van der Waals surface area contributed by atoms with Crippen molar-refractivity contribution in [2.75, 3.05) is 7.11 Å². The Bertz CT molecular complexity index is 836. The number of hydrogen-bond acceptors (Lipinski definition) is 3. The first-order chi connectivity index (χ1) is 12.6. The van der Waals surface area contributed by atoms with Crippen LogP contribution in [0.1, 0.15) is 21.5 Å². The van der Waals surface area contributed by atoms with Crippen molar-refractivity contribution in [2.45, 2.75) is 18.6 Å². The quantitative estimate of drug-likeness (QED) is 0.593. The van der Waals surface area contributed by atoms with Crippen LogP contribution in [-0.2, 0) is 22.1 Å². The second-order valence-corrected chi connectivity index (χ2v) is 7.44. The van der Waals surface area contributed by atoms with Crippen molar-refractivity contribution in [3.8, 4) is 0 Å². The van der Waals surface area contributed by atoms with E-state index in [1.165, 1.54) is 12.1 Å². The van der Waals surface area contributed by atoms with Crippen molar-refractivity contribution in [1.29, 1.82) is 0 Å². The lowest BCUT2D eigenvalue weighted by Crippen LogP contribution is -2.43. The SMILES string of the molecule is COC(=O)[C@H](Cc1cccc(C(F)(F)F)c1)NC(=O)c1cc(Br)cc(Br)c1. The van der Waals surface area contributed by atoms with Gasteiger partial charge in [-0.2, -0.15) is 13.2 Å². The highest BCUT2D eigenvalue weighted by Gasteiger charge is 2.31. The fraction of sp³-hybridized carbons (Fsp3) is 0.222. The lowest BCUT2D eigenvalue weighted by Gasteiger charge is -2.17. The average Bonchev–Trinajstić information content (AvgIpc) is 2.59. The molecule has 2 aromatic rings. The van der Waals surface area contributed by atoms with Gasteiger partial charge in [0, 0.05) is 20.9 Å². The average molecular weight is 509 g/mol. The maximum atomic E-state index is 12.9. The number of halogens is 5. The molecule has 1 amide bonds. The Labute approximate surface area is 170 Å². The second kappa shape index (κ2) is 8.88. The van der Waals surface area contributed by atoms with E-state index in [1.54, 1.807) is 18.2 Å². The van der Waals surface area contributed by atoms with Crippen LogP contribution in [0.5, 0.6) is 0 Å². The molecule has 0 heterocycles. The van der Waals surface area contributed by atoms with Crippen molar-refractivity contribution in [3.63, 3.8) is 0 Å². The molecule has 0 unspecified atom stereocenters. The number of amides is 1. The summed E-state index contributed by atoms with van der Waals surface area (Å²) >= 11 is 6.52. The van der Waals surface area contributed by atoms with Crippen LogP contribution in [0.25, 0.3) is 0 Å². The molecule has 9 heteroatoms. The van der Waals surface area contributed by atoms with Gasteiger partial charge in [0.2, 0.25) is 0 Å². The molecule has 0 aromatic heterocycles. The molecule has 0 bridgehead atoms. The van der Waals surface area contributed by atoms with Gasteiger partial charge in [-0.15, -0.1) is 0 Å². The molecular weight excluding hydrogens is 495 g/mol. The molecule has 0 saturated heterocycles. The molecule has 0 aliphatic rings. The predicted molar refractivity (Wildman–Crippen MR) is 100 cm³/mol. The van der Waals surface area contributed by atoms with Crippen LogP contribution in [0, 0.1) is 0 Å². The largest absolute Gasteiger partial charge is 0.467 e. The second-order valence-electron chi connectivity index (χ2n) is 5.61. The van der Waals surface area contributed by atoms with Crippen LogP contribution in [0.2, 0.25) is 0 Å². The predicted octanol–water partition coefficient (Wildman–Crippen LogP) is 4.74. The molecular formula is C18H14Br2F3NO3. The summed E-state index contributed by atoms with van der Waals surface area (Å²) < 4.78 is 44.6. The fourth-order valence-electron chi connectivity index (χ4n) is 2.37. The van der Waals surface area contributed by atoms with Gasteiger partial charge in [0.1, 0.15) is 6.04 Å². The lowest BCUT2D eigenvalue weighted by molar-refractivity contribution is -0.142. The van der Waals surface area contributed by atoms with Crippen LogP contribution >= 0.6 is 31.9 Å². The molecule has 1 N–H and O–H groups in total. The van der Waals surface area contributed by atoms with Gasteiger partial charge >= 0.3 is 12.1 Å². The Hall–Kier alpha value is -1.87. The van der Waals surface area contributed by atoms with Crippen molar-refractivity contribution in [3.05, 3.63) is 68.1 Å². The van der Waals surface area contributed by atoms with E-state index in [-0.39, 0.29) is 17.5 Å². The number of ether oxygens (including phenoxy) is 1. The Morgan fingerprint density at radius 2 is 1.74 bits per heavy atom. The number of methoxy groups -OCH3 is 1. The summed E-state index contributed by atoms with van der Waals surface area (Å²) in [6.07, 6.45) is -4.64. The van der Waals surface area contributed by atoms with Crippen LogP contribution in [0.3, 0.4) is 0 Å². The molecule has 0 radical (unpaired) electrons. The maximum absolute atomic E-state index is 12.9. The zero-order chi connectivity index (χ0) is 20.2. The number of esters is 1. The maximum Gasteiger partial charge on any atom is 0.416 e. The van der Waals surface area contributed by atoms with Gasteiger partial charge in [-0.3, -0.25) is 4.79 Å². The summed E-state index contributed by atoms with van der Waals surface area (Å²) in [5.74, 6) is -1.31. The number of carbonyl (C=O) groups excluding carboxylic acids is 2. The zero-order valence-electron chi connectivity index (χ0n) is 13.9. The van der Waals surface area contributed by atoms with E-state index in [2.05, 4.69) is 41.9 Å². The molecule has 0 aliphatic carbocycles. The van der Waals surface area contributed by atoms with E-state index in [0.29, 0.717) is 8.95 Å². The zero-order valence-corrected chi connectivity index (χ0v) is 17.1. The number of carbonyl (C=O) groups is 2. The Morgan fingerprint density at radius 1 is 1.11 bits per heavy atom. The first-order valence-corrected chi connectivity index (χ1v) is 9.19. The minimum atomic E-state index is -4.50. The number of benzene rings is 2. The van der Waals surface area contributed by atoms with Gasteiger partial charge in [-0.25, -0.2) is 4.79 Å². The number of hydrogen-bond donors (Lipinski definition) is 1. The first-order valence-electron chi connectivity index (χ1n) is 7.61. The fourth-order valence-corrected chi connectivity index (χ4v) is 3.67. The summed E-state index contributed by atoms with van der Waals surface area (Å²) in [5, 5.41) is 2.51. The molecule has 27 heavy (non-hydrogen) atoms. The lowest BCUT2D eigenvalue weighted by atomic mass is 10.0. The summed E-state index contributed by atoms with van der Waals surface area (Å²) in [6.45, 7) is 0. The topological polar surface area (TPSA) is 55.4 Å². The van der Waals surface area contributed by atoms with Gasteiger partial charge in [0.15, 0.2) is 0 Å².